The number of aliphatic carboxylic acids is 1. The number of carboxylic acid groups (broad SMARTS) is 1. The van der Waals surface area contributed by atoms with Gasteiger partial charge in [0, 0.05) is 0 Å². The Bertz CT molecular complexity index is 466. The van der Waals surface area contributed by atoms with Crippen LogP contribution in [0.4, 0.5) is 0 Å². The summed E-state index contributed by atoms with van der Waals surface area (Å²) in [6.07, 6.45) is 0.469. The highest BCUT2D eigenvalue weighted by Crippen LogP contribution is 2.32. The maximum atomic E-state index is 11.1. The summed E-state index contributed by atoms with van der Waals surface area (Å²) in [5.74, 6) is -0.429. The summed E-state index contributed by atoms with van der Waals surface area (Å²) >= 11 is 0. The number of nitrogens with two attached hydrogens (primary N) is 1. The third kappa shape index (κ3) is 3.80. The first-order chi connectivity index (χ1) is 8.65. The zero-order valence-corrected chi connectivity index (χ0v) is 12.5. The van der Waals surface area contributed by atoms with E-state index >= 15 is 0 Å². The maximum Gasteiger partial charge on any atom is 0.323 e. The molecule has 3 unspecified atom stereocenters. The second kappa shape index (κ2) is 5.74. The van der Waals surface area contributed by atoms with Gasteiger partial charge in [-0.3, -0.25) is 4.79 Å². The summed E-state index contributed by atoms with van der Waals surface area (Å²) in [6.45, 7) is 9.97. The number of aryl methyl sites for hydroxylation is 2. The lowest BCUT2D eigenvalue weighted by Gasteiger charge is -2.28. The molecular formula is C16H25NO2. The molecular weight excluding hydrogens is 238 g/mol. The van der Waals surface area contributed by atoms with Gasteiger partial charge in [0.1, 0.15) is 5.54 Å². The van der Waals surface area contributed by atoms with Crippen molar-refractivity contribution in [1.82, 2.24) is 0 Å². The Kier molecular flexibility index (Phi) is 4.75. The van der Waals surface area contributed by atoms with Crippen molar-refractivity contribution in [2.45, 2.75) is 52.5 Å². The van der Waals surface area contributed by atoms with E-state index in [9.17, 15) is 4.79 Å². The fraction of sp³-hybridized carbons (Fsp3) is 0.562. The molecule has 1 aromatic rings. The van der Waals surface area contributed by atoms with Crippen LogP contribution in [-0.4, -0.2) is 16.6 Å². The molecule has 106 valence electrons. The van der Waals surface area contributed by atoms with Gasteiger partial charge in [-0.25, -0.2) is 0 Å². The Balaban J connectivity index is 2.91. The van der Waals surface area contributed by atoms with Crippen LogP contribution < -0.4 is 5.73 Å². The van der Waals surface area contributed by atoms with Gasteiger partial charge in [0.05, 0.1) is 0 Å². The number of benzene rings is 1. The van der Waals surface area contributed by atoms with Gasteiger partial charge in [-0.2, -0.15) is 0 Å². The third-order valence-corrected chi connectivity index (χ3v) is 4.01. The molecule has 0 aliphatic heterocycles. The van der Waals surface area contributed by atoms with Crippen molar-refractivity contribution in [2.75, 3.05) is 0 Å². The first kappa shape index (κ1) is 15.7. The smallest absolute Gasteiger partial charge is 0.323 e. The van der Waals surface area contributed by atoms with Crippen molar-refractivity contribution in [2.24, 2.45) is 11.7 Å². The lowest BCUT2D eigenvalue weighted by atomic mass is 9.79. The number of rotatable bonds is 5. The van der Waals surface area contributed by atoms with Crippen molar-refractivity contribution in [3.05, 3.63) is 34.9 Å². The second-order valence-electron chi connectivity index (χ2n) is 6.05. The number of hydrogen-bond donors (Lipinski definition) is 2. The van der Waals surface area contributed by atoms with E-state index in [0.29, 0.717) is 12.3 Å². The van der Waals surface area contributed by atoms with Crippen LogP contribution >= 0.6 is 0 Å². The monoisotopic (exact) mass is 263 g/mol. The molecule has 3 nitrogen and oxygen atoms in total. The Labute approximate surface area is 115 Å². The van der Waals surface area contributed by atoms with E-state index in [4.69, 9.17) is 10.8 Å². The minimum absolute atomic E-state index is 0.214. The summed E-state index contributed by atoms with van der Waals surface area (Å²) < 4.78 is 0. The molecule has 0 fully saturated rings. The molecule has 0 heterocycles. The van der Waals surface area contributed by atoms with Gasteiger partial charge in [-0.1, -0.05) is 37.6 Å². The zero-order valence-electron chi connectivity index (χ0n) is 12.5. The summed E-state index contributed by atoms with van der Waals surface area (Å²) in [7, 11) is 0. The maximum absolute atomic E-state index is 11.1. The molecule has 0 radical (unpaired) electrons. The van der Waals surface area contributed by atoms with Gasteiger partial charge in [0.25, 0.3) is 0 Å². The van der Waals surface area contributed by atoms with Gasteiger partial charge in [0.2, 0.25) is 0 Å². The standard InChI is InChI=1S/C16H25NO2/c1-10-6-7-11(2)14(8-10)13(4)12(3)9-16(5,17)15(18)19/h6-8,12-13H,9,17H2,1-5H3,(H,18,19). The van der Waals surface area contributed by atoms with Crippen LogP contribution in [-0.2, 0) is 4.79 Å². The van der Waals surface area contributed by atoms with Gasteiger partial charge < -0.3 is 10.8 Å². The van der Waals surface area contributed by atoms with Crippen molar-refractivity contribution in [3.8, 4) is 0 Å². The van der Waals surface area contributed by atoms with Crippen LogP contribution in [0.3, 0.4) is 0 Å². The Morgan fingerprint density at radius 3 is 2.47 bits per heavy atom. The number of carbonyl (C=O) groups is 1. The molecule has 0 saturated carbocycles. The molecule has 0 bridgehead atoms. The Morgan fingerprint density at radius 2 is 1.95 bits per heavy atom. The fourth-order valence-corrected chi connectivity index (χ4v) is 2.49. The molecule has 3 atom stereocenters. The molecule has 0 amide bonds. The van der Waals surface area contributed by atoms with Gasteiger partial charge in [-0.05, 0) is 50.2 Å². The number of hydrogen-bond acceptors (Lipinski definition) is 2. The number of carboxylic acids is 1. The van der Waals surface area contributed by atoms with Gasteiger partial charge in [-0.15, -0.1) is 0 Å². The first-order valence-electron chi connectivity index (χ1n) is 6.74. The van der Waals surface area contributed by atoms with Crippen molar-refractivity contribution >= 4 is 5.97 Å². The molecule has 0 aliphatic carbocycles. The molecule has 3 N–H and O–H groups in total. The normalized spacial score (nSPS) is 17.6. The van der Waals surface area contributed by atoms with E-state index in [1.165, 1.54) is 16.7 Å². The van der Waals surface area contributed by atoms with Gasteiger partial charge in [0.15, 0.2) is 0 Å². The highest BCUT2D eigenvalue weighted by atomic mass is 16.4. The van der Waals surface area contributed by atoms with Crippen molar-refractivity contribution < 1.29 is 9.90 Å². The summed E-state index contributed by atoms with van der Waals surface area (Å²) in [6, 6.07) is 6.40. The average molecular weight is 263 g/mol. The Hall–Kier alpha value is -1.35. The highest BCUT2D eigenvalue weighted by molar-refractivity contribution is 5.77. The van der Waals surface area contributed by atoms with Crippen LogP contribution in [0, 0.1) is 19.8 Å². The Morgan fingerprint density at radius 1 is 1.37 bits per heavy atom. The minimum Gasteiger partial charge on any atom is -0.480 e. The first-order valence-corrected chi connectivity index (χ1v) is 6.74. The van der Waals surface area contributed by atoms with E-state index in [-0.39, 0.29) is 5.92 Å². The lowest BCUT2D eigenvalue weighted by molar-refractivity contribution is -0.143. The summed E-state index contributed by atoms with van der Waals surface area (Å²) in [4.78, 5) is 11.1. The molecule has 19 heavy (non-hydrogen) atoms. The van der Waals surface area contributed by atoms with E-state index in [1.807, 2.05) is 0 Å². The quantitative estimate of drug-likeness (QED) is 0.857. The molecule has 1 rings (SSSR count). The van der Waals surface area contributed by atoms with Crippen LogP contribution in [0.5, 0.6) is 0 Å². The molecule has 0 spiro atoms. The second-order valence-corrected chi connectivity index (χ2v) is 6.05. The van der Waals surface area contributed by atoms with Crippen LogP contribution in [0.1, 0.15) is 49.8 Å². The summed E-state index contributed by atoms with van der Waals surface area (Å²) in [5.41, 5.74) is 8.45. The average Bonchev–Trinajstić information content (AvgIpc) is 2.30. The van der Waals surface area contributed by atoms with Crippen LogP contribution in [0.2, 0.25) is 0 Å². The van der Waals surface area contributed by atoms with E-state index in [1.54, 1.807) is 6.92 Å². The van der Waals surface area contributed by atoms with Crippen LogP contribution in [0.15, 0.2) is 18.2 Å². The fourth-order valence-electron chi connectivity index (χ4n) is 2.49. The largest absolute Gasteiger partial charge is 0.480 e. The molecule has 0 aromatic heterocycles. The van der Waals surface area contributed by atoms with E-state index < -0.39 is 11.5 Å². The van der Waals surface area contributed by atoms with Gasteiger partial charge >= 0.3 is 5.97 Å². The molecule has 3 heteroatoms. The lowest BCUT2D eigenvalue weighted by Crippen LogP contribution is -2.46. The topological polar surface area (TPSA) is 63.3 Å². The van der Waals surface area contributed by atoms with E-state index in [0.717, 1.165) is 0 Å². The van der Waals surface area contributed by atoms with Crippen molar-refractivity contribution in [3.63, 3.8) is 0 Å². The van der Waals surface area contributed by atoms with Crippen molar-refractivity contribution in [1.29, 1.82) is 0 Å². The highest BCUT2D eigenvalue weighted by Gasteiger charge is 2.32. The predicted molar refractivity (Wildman–Crippen MR) is 78.3 cm³/mol. The predicted octanol–water partition coefficient (Wildman–Crippen LogP) is 3.24. The minimum atomic E-state index is -1.16. The molecule has 0 saturated heterocycles. The van der Waals surface area contributed by atoms with Crippen LogP contribution in [0.25, 0.3) is 0 Å². The molecule has 0 aliphatic rings. The zero-order chi connectivity index (χ0) is 14.8. The van der Waals surface area contributed by atoms with E-state index in [2.05, 4.69) is 45.9 Å². The molecule has 1 aromatic carbocycles. The SMILES string of the molecule is Cc1ccc(C)c(C(C)C(C)CC(C)(N)C(=O)O)c1. The summed E-state index contributed by atoms with van der Waals surface area (Å²) in [5, 5.41) is 9.12. The third-order valence-electron chi connectivity index (χ3n) is 4.01.